The molecule has 9 heteroatoms. The lowest BCUT2D eigenvalue weighted by Gasteiger charge is -2.36. The summed E-state index contributed by atoms with van der Waals surface area (Å²) in [6, 6.07) is 24.4. The Hall–Kier alpha value is -5.05. The van der Waals surface area contributed by atoms with E-state index < -0.39 is 0 Å². The molecule has 1 saturated heterocycles. The molecule has 0 bridgehead atoms. The van der Waals surface area contributed by atoms with Crippen molar-refractivity contribution in [2.75, 3.05) is 36.0 Å². The second-order valence-corrected chi connectivity index (χ2v) is 9.75. The van der Waals surface area contributed by atoms with Crippen molar-refractivity contribution in [1.29, 1.82) is 0 Å². The van der Waals surface area contributed by atoms with E-state index in [2.05, 4.69) is 44.4 Å². The molecule has 1 N–H and O–H groups in total. The van der Waals surface area contributed by atoms with Gasteiger partial charge in [0.05, 0.1) is 11.4 Å². The number of anilines is 2. The first kappa shape index (κ1) is 25.2. The Balaban J connectivity index is 1.25. The average molecular weight is 532 g/mol. The van der Waals surface area contributed by atoms with Crippen LogP contribution in [0.15, 0.2) is 96.1 Å². The minimum absolute atomic E-state index is 0.195. The zero-order chi connectivity index (χ0) is 27.5. The van der Waals surface area contributed by atoms with Crippen LogP contribution in [-0.4, -0.2) is 51.6 Å². The van der Waals surface area contributed by atoms with Crippen molar-refractivity contribution < 1.29 is 4.79 Å². The molecule has 1 aliphatic rings. The van der Waals surface area contributed by atoms with Gasteiger partial charge in [-0.1, -0.05) is 24.3 Å². The molecular weight excluding hydrogens is 502 g/mol. The topological polar surface area (TPSA) is 96.3 Å². The third-order valence-electron chi connectivity index (χ3n) is 7.18. The number of aromatic nitrogens is 4. The van der Waals surface area contributed by atoms with Crippen molar-refractivity contribution in [3.8, 4) is 5.69 Å². The van der Waals surface area contributed by atoms with Gasteiger partial charge in [0.25, 0.3) is 11.5 Å². The first-order valence-corrected chi connectivity index (χ1v) is 13.3. The minimum atomic E-state index is -0.198. The molecule has 1 amide bonds. The molecule has 40 heavy (non-hydrogen) atoms. The van der Waals surface area contributed by atoms with Crippen LogP contribution in [0, 0.1) is 6.92 Å². The van der Waals surface area contributed by atoms with Crippen LogP contribution in [-0.2, 0) is 6.54 Å². The number of pyridine rings is 2. The van der Waals surface area contributed by atoms with Crippen molar-refractivity contribution in [3.05, 3.63) is 118 Å². The summed E-state index contributed by atoms with van der Waals surface area (Å²) in [6.07, 6.45) is 3.41. The Kier molecular flexibility index (Phi) is 6.93. The van der Waals surface area contributed by atoms with E-state index in [0.29, 0.717) is 29.4 Å². The van der Waals surface area contributed by atoms with Crippen LogP contribution < -0.4 is 20.7 Å². The summed E-state index contributed by atoms with van der Waals surface area (Å²) >= 11 is 0. The molecule has 0 atom stereocenters. The molecular formula is C31H29N7O2. The van der Waals surface area contributed by atoms with Gasteiger partial charge >= 0.3 is 0 Å². The van der Waals surface area contributed by atoms with E-state index >= 15 is 0 Å². The first-order valence-electron chi connectivity index (χ1n) is 13.3. The molecule has 2 aromatic carbocycles. The molecule has 0 unspecified atom stereocenters. The lowest BCUT2D eigenvalue weighted by molar-refractivity contribution is 0.0951. The fourth-order valence-electron chi connectivity index (χ4n) is 4.99. The molecule has 0 radical (unpaired) electrons. The summed E-state index contributed by atoms with van der Waals surface area (Å²) < 4.78 is 1.59. The molecule has 4 heterocycles. The van der Waals surface area contributed by atoms with Gasteiger partial charge in [-0.25, -0.2) is 4.98 Å². The second-order valence-electron chi connectivity index (χ2n) is 9.75. The molecule has 0 saturated carbocycles. The Morgan fingerprint density at radius 1 is 0.825 bits per heavy atom. The van der Waals surface area contributed by atoms with Gasteiger partial charge in [0.2, 0.25) is 5.95 Å². The quantitative estimate of drug-likeness (QED) is 0.357. The summed E-state index contributed by atoms with van der Waals surface area (Å²) in [5, 5.41) is 3.71. The number of hydrogen-bond acceptors (Lipinski definition) is 7. The monoisotopic (exact) mass is 531 g/mol. The van der Waals surface area contributed by atoms with Gasteiger partial charge in [-0.05, 0) is 61.0 Å². The van der Waals surface area contributed by atoms with E-state index in [1.54, 1.807) is 47.3 Å². The van der Waals surface area contributed by atoms with Gasteiger partial charge in [-0.15, -0.1) is 0 Å². The van der Waals surface area contributed by atoms with E-state index in [0.717, 1.165) is 42.8 Å². The normalized spacial score (nSPS) is 13.4. The highest BCUT2D eigenvalue weighted by Crippen LogP contribution is 2.23. The maximum absolute atomic E-state index is 13.1. The third-order valence-corrected chi connectivity index (χ3v) is 7.18. The number of amides is 1. The largest absolute Gasteiger partial charge is 0.368 e. The van der Waals surface area contributed by atoms with Crippen molar-refractivity contribution in [3.63, 3.8) is 0 Å². The standard InChI is InChI=1S/C31H29N7O2/c1-22-27-13-14-28(39)38(26-11-9-24(10-12-26)30(40)33-21-23-6-5-15-32-20-23)29(27)35-31(34-22)37-18-16-36(17-19-37)25-7-3-2-4-8-25/h2-15,20H,16-19,21H2,1H3,(H,33,40). The zero-order valence-electron chi connectivity index (χ0n) is 22.2. The Bertz CT molecular complexity index is 1700. The molecule has 1 aliphatic heterocycles. The minimum Gasteiger partial charge on any atom is -0.368 e. The van der Waals surface area contributed by atoms with Gasteiger partial charge in [0.15, 0.2) is 5.65 Å². The fourth-order valence-corrected chi connectivity index (χ4v) is 4.99. The maximum atomic E-state index is 13.1. The van der Waals surface area contributed by atoms with Crippen LogP contribution >= 0.6 is 0 Å². The molecule has 1 fully saturated rings. The summed E-state index contributed by atoms with van der Waals surface area (Å²) in [6.45, 7) is 5.60. The lowest BCUT2D eigenvalue weighted by Crippen LogP contribution is -2.47. The van der Waals surface area contributed by atoms with Crippen molar-refractivity contribution >= 4 is 28.6 Å². The molecule has 5 aromatic rings. The number of rotatable bonds is 6. The van der Waals surface area contributed by atoms with Crippen LogP contribution in [0.4, 0.5) is 11.6 Å². The smallest absolute Gasteiger partial charge is 0.256 e. The molecule has 6 rings (SSSR count). The number of carbonyl (C=O) groups is 1. The van der Waals surface area contributed by atoms with E-state index in [4.69, 9.17) is 9.97 Å². The number of nitrogens with zero attached hydrogens (tertiary/aromatic N) is 6. The van der Waals surface area contributed by atoms with Crippen LogP contribution in [0.5, 0.6) is 0 Å². The third kappa shape index (κ3) is 5.13. The van der Waals surface area contributed by atoms with Crippen LogP contribution in [0.2, 0.25) is 0 Å². The van der Waals surface area contributed by atoms with Gasteiger partial charge in [0, 0.05) is 67.8 Å². The number of piperazine rings is 1. The first-order chi connectivity index (χ1) is 19.6. The van der Waals surface area contributed by atoms with Crippen LogP contribution in [0.1, 0.15) is 21.6 Å². The zero-order valence-corrected chi connectivity index (χ0v) is 22.2. The fraction of sp³-hybridized carbons (Fsp3) is 0.194. The predicted octanol–water partition coefficient (Wildman–Crippen LogP) is 3.74. The van der Waals surface area contributed by atoms with E-state index in [1.807, 2.05) is 25.1 Å². The van der Waals surface area contributed by atoms with Gasteiger partial charge in [-0.3, -0.25) is 19.1 Å². The summed E-state index contributed by atoms with van der Waals surface area (Å²) in [5.74, 6) is 0.416. The highest BCUT2D eigenvalue weighted by Gasteiger charge is 2.21. The number of benzene rings is 2. The average Bonchev–Trinajstić information content (AvgIpc) is 3.01. The summed E-state index contributed by atoms with van der Waals surface area (Å²) in [7, 11) is 0. The van der Waals surface area contributed by atoms with Crippen molar-refractivity contribution in [1.82, 2.24) is 24.8 Å². The summed E-state index contributed by atoms with van der Waals surface area (Å²) in [4.78, 5) is 44.1. The van der Waals surface area contributed by atoms with Crippen LogP contribution in [0.25, 0.3) is 16.7 Å². The second kappa shape index (κ2) is 11.0. The van der Waals surface area contributed by atoms with Gasteiger partial charge in [0.1, 0.15) is 0 Å². The SMILES string of the molecule is Cc1nc(N2CCN(c3ccccc3)CC2)nc2c1ccc(=O)n2-c1ccc(C(=O)NCc2cccnc2)cc1. The highest BCUT2D eigenvalue weighted by molar-refractivity contribution is 5.94. The van der Waals surface area contributed by atoms with E-state index in [9.17, 15) is 9.59 Å². The predicted molar refractivity (Wildman–Crippen MR) is 156 cm³/mol. The highest BCUT2D eigenvalue weighted by atomic mass is 16.1. The Morgan fingerprint density at radius 3 is 2.30 bits per heavy atom. The molecule has 200 valence electrons. The molecule has 0 aliphatic carbocycles. The molecule has 0 spiro atoms. The Labute approximate surface area is 231 Å². The number of hydrogen-bond donors (Lipinski definition) is 1. The Morgan fingerprint density at radius 2 is 1.57 bits per heavy atom. The lowest BCUT2D eigenvalue weighted by atomic mass is 10.1. The number of aryl methyl sites for hydroxylation is 1. The molecule has 3 aromatic heterocycles. The summed E-state index contributed by atoms with van der Waals surface area (Å²) in [5.41, 5.74) is 4.43. The number of para-hydroxylation sites is 1. The van der Waals surface area contributed by atoms with Crippen LogP contribution in [0.3, 0.4) is 0 Å². The number of fused-ring (bicyclic) bond motifs is 1. The van der Waals surface area contributed by atoms with E-state index in [1.165, 1.54) is 11.8 Å². The number of carbonyl (C=O) groups excluding carboxylic acids is 1. The van der Waals surface area contributed by atoms with Gasteiger partial charge < -0.3 is 15.1 Å². The van der Waals surface area contributed by atoms with Crippen molar-refractivity contribution in [2.24, 2.45) is 0 Å². The van der Waals surface area contributed by atoms with Gasteiger partial charge in [-0.2, -0.15) is 4.98 Å². The number of nitrogens with one attached hydrogen (secondary N) is 1. The molecule has 9 nitrogen and oxygen atoms in total. The van der Waals surface area contributed by atoms with E-state index in [-0.39, 0.29) is 11.5 Å². The van der Waals surface area contributed by atoms with Crippen molar-refractivity contribution in [2.45, 2.75) is 13.5 Å². The maximum Gasteiger partial charge on any atom is 0.256 e.